The highest BCUT2D eigenvalue weighted by atomic mass is 16.5. The van der Waals surface area contributed by atoms with Gasteiger partial charge < -0.3 is 35.0 Å². The number of carbonyl (C=O) groups is 2. The second-order valence-corrected chi connectivity index (χ2v) is 9.14. The lowest BCUT2D eigenvalue weighted by molar-refractivity contribution is -0.137. The Hall–Kier alpha value is -2.62. The second kappa shape index (κ2) is 11.2. The number of ether oxygens (including phenoxy) is 2. The Labute approximate surface area is 200 Å². The number of rotatable bonds is 10. The first-order valence-electron chi connectivity index (χ1n) is 11.8. The number of amides is 2. The summed E-state index contributed by atoms with van der Waals surface area (Å²) in [6.07, 6.45) is 0.760. The number of nitrogens with zero attached hydrogens (tertiary/aromatic N) is 1. The Morgan fingerprint density at radius 1 is 1.26 bits per heavy atom. The van der Waals surface area contributed by atoms with E-state index in [1.54, 1.807) is 30.0 Å². The smallest absolute Gasteiger partial charge is 0.247 e. The van der Waals surface area contributed by atoms with Gasteiger partial charge in [0.1, 0.15) is 12.2 Å². The first-order valence-corrected chi connectivity index (χ1v) is 11.8. The lowest BCUT2D eigenvalue weighted by Crippen LogP contribution is -2.56. The summed E-state index contributed by atoms with van der Waals surface area (Å²) in [4.78, 5) is 27.7. The van der Waals surface area contributed by atoms with E-state index in [0.29, 0.717) is 40.7 Å². The molecule has 0 bridgehead atoms. The highest BCUT2D eigenvalue weighted by Crippen LogP contribution is 2.51. The zero-order valence-electron chi connectivity index (χ0n) is 20.3. The summed E-state index contributed by atoms with van der Waals surface area (Å²) in [5.74, 6) is 0.0136. The molecule has 0 aromatic heterocycles. The molecule has 4 N–H and O–H groups in total. The lowest BCUT2D eigenvalue weighted by Gasteiger charge is -2.41. The SMILES string of the molecule is CCC(=O)N(CCC(C)C)C1C=C(C(=O)NCCO)C2c3cc(CO)cc(OC)c3OC2C1O. The monoisotopic (exact) mass is 476 g/mol. The molecule has 4 atom stereocenters. The van der Waals surface area contributed by atoms with E-state index < -0.39 is 30.1 Å². The van der Waals surface area contributed by atoms with E-state index >= 15 is 0 Å². The molecule has 0 saturated heterocycles. The summed E-state index contributed by atoms with van der Waals surface area (Å²) in [6, 6.07) is 2.65. The first-order chi connectivity index (χ1) is 16.3. The third-order valence-corrected chi connectivity index (χ3v) is 6.42. The molecule has 9 nitrogen and oxygen atoms in total. The van der Waals surface area contributed by atoms with E-state index in [-0.39, 0.29) is 32.1 Å². The molecule has 1 aromatic carbocycles. The zero-order valence-corrected chi connectivity index (χ0v) is 20.3. The van der Waals surface area contributed by atoms with E-state index in [1.807, 2.05) is 0 Å². The van der Waals surface area contributed by atoms with Crippen LogP contribution in [-0.2, 0) is 16.2 Å². The van der Waals surface area contributed by atoms with Crippen molar-refractivity contribution >= 4 is 11.8 Å². The molecular weight excluding hydrogens is 440 g/mol. The minimum Gasteiger partial charge on any atom is -0.493 e. The number of methoxy groups -OCH3 is 1. The molecule has 1 aliphatic heterocycles. The van der Waals surface area contributed by atoms with Crippen LogP contribution in [0.1, 0.15) is 50.7 Å². The van der Waals surface area contributed by atoms with Crippen LogP contribution in [0.5, 0.6) is 11.5 Å². The number of fused-ring (bicyclic) bond motifs is 3. The van der Waals surface area contributed by atoms with Gasteiger partial charge in [-0.1, -0.05) is 20.8 Å². The molecule has 4 unspecified atom stereocenters. The quantitative estimate of drug-likeness (QED) is 0.398. The summed E-state index contributed by atoms with van der Waals surface area (Å²) in [5.41, 5.74) is 1.57. The lowest BCUT2D eigenvalue weighted by atomic mass is 9.77. The maximum atomic E-state index is 13.2. The minimum atomic E-state index is -1.09. The molecule has 0 spiro atoms. The fourth-order valence-corrected chi connectivity index (χ4v) is 4.66. The predicted molar refractivity (Wildman–Crippen MR) is 126 cm³/mol. The Bertz CT molecular complexity index is 930. The highest BCUT2D eigenvalue weighted by molar-refractivity contribution is 5.96. The van der Waals surface area contributed by atoms with Gasteiger partial charge in [-0.15, -0.1) is 0 Å². The number of aliphatic hydroxyl groups is 3. The number of carbonyl (C=O) groups excluding carboxylic acids is 2. The molecule has 0 radical (unpaired) electrons. The fourth-order valence-electron chi connectivity index (χ4n) is 4.66. The van der Waals surface area contributed by atoms with Crippen molar-refractivity contribution in [3.05, 3.63) is 34.9 Å². The number of hydrogen-bond acceptors (Lipinski definition) is 7. The zero-order chi connectivity index (χ0) is 25.0. The third kappa shape index (κ3) is 5.06. The summed E-state index contributed by atoms with van der Waals surface area (Å²) in [5, 5.41) is 33.1. The highest BCUT2D eigenvalue weighted by Gasteiger charge is 2.51. The molecule has 0 fully saturated rings. The van der Waals surface area contributed by atoms with Crippen LogP contribution in [-0.4, -0.2) is 77.1 Å². The van der Waals surface area contributed by atoms with Crippen LogP contribution in [0.4, 0.5) is 0 Å². The van der Waals surface area contributed by atoms with Gasteiger partial charge in [-0.25, -0.2) is 0 Å². The standard InChI is InChI=1S/C25H36N2O7/c1-5-20(30)27(8-6-14(2)3)18-12-17(25(32)26-7-9-28)21-16-10-15(13-29)11-19(33-4)23(16)34-24(21)22(18)31/h10-12,14,18,21-22,24,28-29,31H,5-9,13H2,1-4H3,(H,26,32). The maximum absolute atomic E-state index is 13.2. The summed E-state index contributed by atoms with van der Waals surface area (Å²) in [7, 11) is 1.49. The maximum Gasteiger partial charge on any atom is 0.247 e. The molecule has 0 saturated carbocycles. The number of nitrogens with one attached hydrogen (secondary N) is 1. The molecule has 1 heterocycles. The van der Waals surface area contributed by atoms with Gasteiger partial charge in [0.2, 0.25) is 11.8 Å². The van der Waals surface area contributed by atoms with Crippen molar-refractivity contribution in [3.8, 4) is 11.5 Å². The van der Waals surface area contributed by atoms with Gasteiger partial charge in [0.05, 0.1) is 32.3 Å². The van der Waals surface area contributed by atoms with Crippen LogP contribution in [0.3, 0.4) is 0 Å². The van der Waals surface area contributed by atoms with Crippen molar-refractivity contribution in [1.82, 2.24) is 10.2 Å². The second-order valence-electron chi connectivity index (χ2n) is 9.14. The van der Waals surface area contributed by atoms with Crippen LogP contribution in [0, 0.1) is 5.92 Å². The Balaban J connectivity index is 2.11. The van der Waals surface area contributed by atoms with E-state index in [4.69, 9.17) is 9.47 Å². The Morgan fingerprint density at radius 2 is 2.00 bits per heavy atom. The topological polar surface area (TPSA) is 129 Å². The average molecular weight is 477 g/mol. The summed E-state index contributed by atoms with van der Waals surface area (Å²) in [6.45, 7) is 5.96. The van der Waals surface area contributed by atoms with Crippen molar-refractivity contribution in [3.63, 3.8) is 0 Å². The van der Waals surface area contributed by atoms with E-state index in [0.717, 1.165) is 6.42 Å². The van der Waals surface area contributed by atoms with E-state index in [2.05, 4.69) is 19.2 Å². The summed E-state index contributed by atoms with van der Waals surface area (Å²) < 4.78 is 11.6. The van der Waals surface area contributed by atoms with Crippen molar-refractivity contribution in [2.24, 2.45) is 5.92 Å². The fraction of sp³-hybridized carbons (Fsp3) is 0.600. The van der Waals surface area contributed by atoms with Crippen molar-refractivity contribution < 1.29 is 34.4 Å². The molecule has 2 amide bonds. The number of benzene rings is 1. The van der Waals surface area contributed by atoms with Crippen LogP contribution in [0.25, 0.3) is 0 Å². The average Bonchev–Trinajstić information content (AvgIpc) is 3.22. The van der Waals surface area contributed by atoms with Crippen LogP contribution in [0.15, 0.2) is 23.8 Å². The Morgan fingerprint density at radius 3 is 2.59 bits per heavy atom. The van der Waals surface area contributed by atoms with Gasteiger partial charge in [-0.05, 0) is 36.1 Å². The van der Waals surface area contributed by atoms with Crippen molar-refractivity contribution in [2.45, 2.75) is 64.4 Å². The van der Waals surface area contributed by atoms with Gasteiger partial charge in [-0.2, -0.15) is 0 Å². The number of aliphatic hydroxyl groups excluding tert-OH is 3. The minimum absolute atomic E-state index is 0.0689. The molecule has 3 rings (SSSR count). The van der Waals surface area contributed by atoms with Crippen molar-refractivity contribution in [1.29, 1.82) is 0 Å². The predicted octanol–water partition coefficient (Wildman–Crippen LogP) is 1.09. The van der Waals surface area contributed by atoms with Crippen LogP contribution in [0.2, 0.25) is 0 Å². The molecule has 2 aliphatic rings. The molecule has 9 heteroatoms. The van der Waals surface area contributed by atoms with Crippen LogP contribution >= 0.6 is 0 Å². The first kappa shape index (κ1) is 26.0. The van der Waals surface area contributed by atoms with Gasteiger partial charge in [-0.3, -0.25) is 9.59 Å². The summed E-state index contributed by atoms with van der Waals surface area (Å²) >= 11 is 0. The normalized spacial score (nSPS) is 23.0. The van der Waals surface area contributed by atoms with Gasteiger partial charge in [0.25, 0.3) is 0 Å². The largest absolute Gasteiger partial charge is 0.493 e. The van der Waals surface area contributed by atoms with E-state index in [1.165, 1.54) is 7.11 Å². The Kier molecular flexibility index (Phi) is 8.57. The van der Waals surface area contributed by atoms with Gasteiger partial charge in [0, 0.05) is 30.6 Å². The van der Waals surface area contributed by atoms with Gasteiger partial charge in [0.15, 0.2) is 11.5 Å². The third-order valence-electron chi connectivity index (χ3n) is 6.42. The number of hydrogen-bond donors (Lipinski definition) is 4. The molecule has 1 aromatic rings. The molecule has 188 valence electrons. The molecule has 34 heavy (non-hydrogen) atoms. The van der Waals surface area contributed by atoms with Crippen molar-refractivity contribution in [2.75, 3.05) is 26.8 Å². The van der Waals surface area contributed by atoms with E-state index in [9.17, 15) is 24.9 Å². The molecular formula is C25H36N2O7. The van der Waals surface area contributed by atoms with Gasteiger partial charge >= 0.3 is 0 Å². The van der Waals surface area contributed by atoms with Crippen LogP contribution < -0.4 is 14.8 Å². The molecule has 1 aliphatic carbocycles.